The van der Waals surface area contributed by atoms with Crippen LogP contribution in [0.25, 0.3) is 0 Å². The number of carbonyl (C=O) groups is 2. The molecule has 5 nitrogen and oxygen atoms in total. The number of carboxylic acids is 1. The number of hydrogen-bond acceptors (Lipinski definition) is 3. The Morgan fingerprint density at radius 1 is 1.16 bits per heavy atom. The first-order chi connectivity index (χ1) is 9.15. The molecular weight excluding hydrogens is 244 g/mol. The van der Waals surface area contributed by atoms with Gasteiger partial charge in [0, 0.05) is 12.1 Å². The number of carboxylic acid groups (broad SMARTS) is 1. The van der Waals surface area contributed by atoms with Crippen molar-refractivity contribution < 1.29 is 14.7 Å². The maximum atomic E-state index is 11.9. The highest BCUT2D eigenvalue weighted by Gasteiger charge is 2.45. The van der Waals surface area contributed by atoms with Crippen molar-refractivity contribution in [2.45, 2.75) is 63.1 Å². The van der Waals surface area contributed by atoms with Crippen LogP contribution in [-0.2, 0) is 9.59 Å². The van der Waals surface area contributed by atoms with E-state index in [1.165, 1.54) is 6.42 Å². The lowest BCUT2D eigenvalue weighted by Crippen LogP contribution is -2.47. The Hall–Kier alpha value is -1.10. The Morgan fingerprint density at radius 2 is 1.89 bits per heavy atom. The number of rotatable bonds is 4. The molecule has 0 bridgehead atoms. The molecule has 0 aromatic rings. The Balaban J connectivity index is 1.66. The van der Waals surface area contributed by atoms with Crippen molar-refractivity contribution in [3.63, 3.8) is 0 Å². The zero-order valence-electron chi connectivity index (χ0n) is 11.2. The van der Waals surface area contributed by atoms with Crippen molar-refractivity contribution in [2.24, 2.45) is 5.92 Å². The number of nitrogens with one attached hydrogen (secondary N) is 1. The Bertz CT molecular complexity index is 381. The third-order valence-corrected chi connectivity index (χ3v) is 4.77. The molecule has 3 rings (SSSR count). The van der Waals surface area contributed by atoms with Gasteiger partial charge in [-0.3, -0.25) is 14.5 Å². The average Bonchev–Trinajstić information content (AvgIpc) is 3.10. The lowest BCUT2D eigenvalue weighted by atomic mass is 9.85. The van der Waals surface area contributed by atoms with Crippen LogP contribution in [0.3, 0.4) is 0 Å². The normalized spacial score (nSPS) is 34.8. The molecule has 0 radical (unpaired) electrons. The van der Waals surface area contributed by atoms with Crippen molar-refractivity contribution >= 4 is 11.9 Å². The van der Waals surface area contributed by atoms with E-state index in [-0.39, 0.29) is 12.5 Å². The van der Waals surface area contributed by atoms with Gasteiger partial charge < -0.3 is 10.4 Å². The third-order valence-electron chi connectivity index (χ3n) is 4.77. The van der Waals surface area contributed by atoms with Crippen molar-refractivity contribution in [2.75, 3.05) is 6.54 Å². The summed E-state index contributed by atoms with van der Waals surface area (Å²) in [5.41, 5.74) is 0. The lowest BCUT2D eigenvalue weighted by Gasteiger charge is -2.32. The molecule has 2 N–H and O–H groups in total. The number of likely N-dealkylation sites (tertiary alicyclic amines) is 1. The molecule has 3 fully saturated rings. The van der Waals surface area contributed by atoms with Gasteiger partial charge in [0.05, 0.1) is 6.54 Å². The van der Waals surface area contributed by atoms with E-state index >= 15 is 0 Å². The van der Waals surface area contributed by atoms with Crippen LogP contribution in [0.2, 0.25) is 0 Å². The SMILES string of the molecule is O=C(CN1[C@H](C(=O)O)C[C@@H]2CCCC[C@@H]21)NC1CC1. The minimum atomic E-state index is -0.770. The quantitative estimate of drug-likeness (QED) is 0.796. The Morgan fingerprint density at radius 3 is 2.58 bits per heavy atom. The van der Waals surface area contributed by atoms with Gasteiger partial charge in [-0.2, -0.15) is 0 Å². The molecule has 0 unspecified atom stereocenters. The molecule has 1 aliphatic heterocycles. The summed E-state index contributed by atoms with van der Waals surface area (Å²) in [6.45, 7) is 0.259. The summed E-state index contributed by atoms with van der Waals surface area (Å²) >= 11 is 0. The molecular formula is C14H22N2O3. The van der Waals surface area contributed by atoms with Crippen molar-refractivity contribution in [3.05, 3.63) is 0 Å². The number of fused-ring (bicyclic) bond motifs is 1. The fourth-order valence-corrected chi connectivity index (χ4v) is 3.69. The van der Waals surface area contributed by atoms with Gasteiger partial charge in [-0.05, 0) is 38.0 Å². The van der Waals surface area contributed by atoms with E-state index in [9.17, 15) is 14.7 Å². The number of hydrogen-bond donors (Lipinski definition) is 2. The highest BCUT2D eigenvalue weighted by molar-refractivity contribution is 5.80. The summed E-state index contributed by atoms with van der Waals surface area (Å²) in [7, 11) is 0. The van der Waals surface area contributed by atoms with E-state index in [1.807, 2.05) is 4.90 Å². The Kier molecular flexibility index (Phi) is 3.48. The van der Waals surface area contributed by atoms with Gasteiger partial charge in [-0.15, -0.1) is 0 Å². The summed E-state index contributed by atoms with van der Waals surface area (Å²) in [6.07, 6.45) is 7.39. The first-order valence-electron chi connectivity index (χ1n) is 7.43. The van der Waals surface area contributed by atoms with Crippen LogP contribution in [0.5, 0.6) is 0 Å². The maximum absolute atomic E-state index is 11.9. The lowest BCUT2D eigenvalue weighted by molar-refractivity contribution is -0.143. The largest absolute Gasteiger partial charge is 0.480 e. The molecule has 19 heavy (non-hydrogen) atoms. The van der Waals surface area contributed by atoms with E-state index in [1.54, 1.807) is 0 Å². The average molecular weight is 266 g/mol. The molecule has 0 aromatic carbocycles. The second kappa shape index (κ2) is 5.12. The molecule has 3 aliphatic rings. The zero-order chi connectivity index (χ0) is 13.4. The van der Waals surface area contributed by atoms with Gasteiger partial charge in [-0.25, -0.2) is 0 Å². The van der Waals surface area contributed by atoms with Crippen LogP contribution in [0, 0.1) is 5.92 Å². The van der Waals surface area contributed by atoms with Gasteiger partial charge in [0.2, 0.25) is 5.91 Å². The molecule has 5 heteroatoms. The van der Waals surface area contributed by atoms with E-state index in [0.29, 0.717) is 18.0 Å². The number of carbonyl (C=O) groups excluding carboxylic acids is 1. The molecule has 0 spiro atoms. The molecule has 1 saturated heterocycles. The molecule has 2 saturated carbocycles. The number of nitrogens with zero attached hydrogens (tertiary/aromatic N) is 1. The standard InChI is InChI=1S/C14H22N2O3/c17-13(15-10-5-6-10)8-16-11-4-2-1-3-9(11)7-12(16)14(18)19/h9-12H,1-8H2,(H,15,17)(H,18,19)/t9-,11-,12-/m0/s1. The van der Waals surface area contributed by atoms with Gasteiger partial charge >= 0.3 is 5.97 Å². The van der Waals surface area contributed by atoms with Crippen LogP contribution in [0.15, 0.2) is 0 Å². The first-order valence-corrected chi connectivity index (χ1v) is 7.43. The maximum Gasteiger partial charge on any atom is 0.320 e. The van der Waals surface area contributed by atoms with Gasteiger partial charge in [-0.1, -0.05) is 12.8 Å². The molecule has 2 aliphatic carbocycles. The third kappa shape index (κ3) is 2.76. The van der Waals surface area contributed by atoms with Crippen LogP contribution < -0.4 is 5.32 Å². The van der Waals surface area contributed by atoms with Crippen molar-refractivity contribution in [1.82, 2.24) is 10.2 Å². The number of amides is 1. The van der Waals surface area contributed by atoms with E-state index in [2.05, 4.69) is 5.32 Å². The van der Waals surface area contributed by atoms with Crippen molar-refractivity contribution in [1.29, 1.82) is 0 Å². The van der Waals surface area contributed by atoms with Crippen LogP contribution in [0.1, 0.15) is 44.9 Å². The van der Waals surface area contributed by atoms with Gasteiger partial charge in [0.1, 0.15) is 6.04 Å². The predicted molar refractivity (Wildman–Crippen MR) is 69.7 cm³/mol. The van der Waals surface area contributed by atoms with Crippen LogP contribution >= 0.6 is 0 Å². The number of aliphatic carboxylic acids is 1. The topological polar surface area (TPSA) is 69.6 Å². The highest BCUT2D eigenvalue weighted by atomic mass is 16.4. The minimum Gasteiger partial charge on any atom is -0.480 e. The van der Waals surface area contributed by atoms with Crippen LogP contribution in [-0.4, -0.2) is 46.6 Å². The van der Waals surface area contributed by atoms with Crippen LogP contribution in [0.4, 0.5) is 0 Å². The summed E-state index contributed by atoms with van der Waals surface area (Å²) in [4.78, 5) is 25.3. The molecule has 106 valence electrons. The van der Waals surface area contributed by atoms with E-state index in [4.69, 9.17) is 0 Å². The monoisotopic (exact) mass is 266 g/mol. The first kappa shape index (κ1) is 12.9. The highest BCUT2D eigenvalue weighted by Crippen LogP contribution is 2.39. The zero-order valence-corrected chi connectivity index (χ0v) is 11.2. The molecule has 1 amide bonds. The fourth-order valence-electron chi connectivity index (χ4n) is 3.69. The fraction of sp³-hybridized carbons (Fsp3) is 0.857. The van der Waals surface area contributed by atoms with Crippen molar-refractivity contribution in [3.8, 4) is 0 Å². The predicted octanol–water partition coefficient (Wildman–Crippen LogP) is 0.983. The second-order valence-electron chi connectivity index (χ2n) is 6.22. The van der Waals surface area contributed by atoms with Gasteiger partial charge in [0.15, 0.2) is 0 Å². The minimum absolute atomic E-state index is 0.0000246. The van der Waals surface area contributed by atoms with E-state index < -0.39 is 12.0 Å². The molecule has 3 atom stereocenters. The molecule has 0 aromatic heterocycles. The summed E-state index contributed by atoms with van der Waals surface area (Å²) < 4.78 is 0. The molecule has 1 heterocycles. The van der Waals surface area contributed by atoms with Gasteiger partial charge in [0.25, 0.3) is 0 Å². The van der Waals surface area contributed by atoms with E-state index in [0.717, 1.165) is 38.5 Å². The smallest absolute Gasteiger partial charge is 0.320 e. The summed E-state index contributed by atoms with van der Waals surface area (Å²) in [5, 5.41) is 12.3. The Labute approximate surface area is 113 Å². The summed E-state index contributed by atoms with van der Waals surface area (Å²) in [5.74, 6) is -0.294. The summed E-state index contributed by atoms with van der Waals surface area (Å²) in [6, 6.07) is 0.193. The second-order valence-corrected chi connectivity index (χ2v) is 6.22.